The minimum Gasteiger partial charge on any atom is -0.341 e. The van der Waals surface area contributed by atoms with Crippen LogP contribution in [0.4, 0.5) is 0 Å². The summed E-state index contributed by atoms with van der Waals surface area (Å²) in [4.78, 5) is 15.6. The molecule has 2 rings (SSSR count). The molecule has 1 fully saturated rings. The normalized spacial score (nSPS) is 22.6. The summed E-state index contributed by atoms with van der Waals surface area (Å²) in [5.74, 6) is 0.467. The van der Waals surface area contributed by atoms with Crippen LogP contribution < -0.4 is 5.32 Å². The number of nitrogens with one attached hydrogen (secondary N) is 1. The summed E-state index contributed by atoms with van der Waals surface area (Å²) in [6, 6.07) is 8.91. The van der Waals surface area contributed by atoms with Gasteiger partial charge in [0, 0.05) is 30.4 Å². The molecule has 0 aromatic heterocycles. The van der Waals surface area contributed by atoms with E-state index in [1.54, 1.807) is 11.8 Å². The number of hydrogen-bond acceptors (Lipinski definition) is 3. The largest absolute Gasteiger partial charge is 0.341 e. The van der Waals surface area contributed by atoms with Gasteiger partial charge in [0.2, 0.25) is 5.91 Å². The second kappa shape index (κ2) is 7.14. The maximum Gasteiger partial charge on any atom is 0.225 e. The van der Waals surface area contributed by atoms with E-state index in [-0.39, 0.29) is 11.8 Å². The molecular weight excluding hydrogens is 268 g/mol. The van der Waals surface area contributed by atoms with Crippen LogP contribution in [0, 0.1) is 5.92 Å². The van der Waals surface area contributed by atoms with Crippen LogP contribution in [0.15, 0.2) is 29.2 Å². The molecule has 0 bridgehead atoms. The number of nitrogens with zero attached hydrogens (tertiary/aromatic N) is 1. The van der Waals surface area contributed by atoms with Gasteiger partial charge < -0.3 is 10.2 Å². The average molecular weight is 292 g/mol. The van der Waals surface area contributed by atoms with Gasteiger partial charge in [0.1, 0.15) is 0 Å². The fraction of sp³-hybridized carbons (Fsp3) is 0.562. The second-order valence-corrected chi connectivity index (χ2v) is 6.50. The predicted molar refractivity (Wildman–Crippen MR) is 84.9 cm³/mol. The third-order valence-electron chi connectivity index (χ3n) is 3.93. The van der Waals surface area contributed by atoms with Crippen molar-refractivity contribution in [1.82, 2.24) is 10.2 Å². The third kappa shape index (κ3) is 4.00. The molecule has 2 unspecified atom stereocenters. The van der Waals surface area contributed by atoms with Gasteiger partial charge in [-0.25, -0.2) is 0 Å². The third-order valence-corrected chi connectivity index (χ3v) is 4.67. The van der Waals surface area contributed by atoms with Gasteiger partial charge in [-0.15, -0.1) is 11.8 Å². The van der Waals surface area contributed by atoms with Crippen molar-refractivity contribution in [2.45, 2.75) is 37.2 Å². The van der Waals surface area contributed by atoms with Gasteiger partial charge in [-0.05, 0) is 50.3 Å². The van der Waals surface area contributed by atoms with Crippen LogP contribution in [-0.4, -0.2) is 36.7 Å². The van der Waals surface area contributed by atoms with Crippen LogP contribution in [0.1, 0.15) is 25.3 Å². The molecule has 1 N–H and O–H groups in total. The first-order valence-electron chi connectivity index (χ1n) is 7.21. The summed E-state index contributed by atoms with van der Waals surface area (Å²) in [7, 11) is 1.91. The zero-order valence-electron chi connectivity index (χ0n) is 12.6. The molecule has 1 heterocycles. The molecule has 1 aliphatic heterocycles. The Bertz CT molecular complexity index is 446. The van der Waals surface area contributed by atoms with E-state index in [1.165, 1.54) is 10.5 Å². The fourth-order valence-corrected chi connectivity index (χ4v) is 3.16. The Morgan fingerprint density at radius 3 is 2.70 bits per heavy atom. The molecule has 1 aromatic rings. The summed E-state index contributed by atoms with van der Waals surface area (Å²) in [5.41, 5.74) is 1.20. The van der Waals surface area contributed by atoms with E-state index < -0.39 is 0 Å². The minimum atomic E-state index is 0.182. The first kappa shape index (κ1) is 15.4. The molecule has 0 spiro atoms. The van der Waals surface area contributed by atoms with Gasteiger partial charge in [0.15, 0.2) is 0 Å². The Hall–Kier alpha value is -1.00. The quantitative estimate of drug-likeness (QED) is 0.866. The van der Waals surface area contributed by atoms with Gasteiger partial charge in [0.05, 0.1) is 0 Å². The highest BCUT2D eigenvalue weighted by molar-refractivity contribution is 7.98. The molecule has 1 aromatic carbocycles. The lowest BCUT2D eigenvalue weighted by Gasteiger charge is -2.30. The Kier molecular flexibility index (Phi) is 5.49. The summed E-state index contributed by atoms with van der Waals surface area (Å²) in [6.45, 7) is 3.81. The number of rotatable bonds is 4. The lowest BCUT2D eigenvalue weighted by Crippen LogP contribution is -2.42. The summed E-state index contributed by atoms with van der Waals surface area (Å²) in [5, 5.41) is 3.40. The number of carbonyl (C=O) groups excluding carboxylic acids is 1. The van der Waals surface area contributed by atoms with Gasteiger partial charge >= 0.3 is 0 Å². The summed E-state index contributed by atoms with van der Waals surface area (Å²) in [6.07, 6.45) is 3.98. The van der Waals surface area contributed by atoms with Gasteiger partial charge in [-0.1, -0.05) is 12.1 Å². The Morgan fingerprint density at radius 1 is 1.40 bits per heavy atom. The van der Waals surface area contributed by atoms with Crippen LogP contribution in [0.25, 0.3) is 0 Å². The van der Waals surface area contributed by atoms with Crippen molar-refractivity contribution in [3.63, 3.8) is 0 Å². The number of thioether (sulfide) groups is 1. The van der Waals surface area contributed by atoms with E-state index >= 15 is 0 Å². The molecule has 110 valence electrons. The van der Waals surface area contributed by atoms with Crippen molar-refractivity contribution in [3.05, 3.63) is 29.8 Å². The molecule has 1 saturated heterocycles. The lowest BCUT2D eigenvalue weighted by molar-refractivity contribution is -0.135. The van der Waals surface area contributed by atoms with Crippen LogP contribution in [-0.2, 0) is 11.3 Å². The minimum absolute atomic E-state index is 0.182. The van der Waals surface area contributed by atoms with E-state index in [0.29, 0.717) is 12.6 Å². The molecule has 2 atom stereocenters. The van der Waals surface area contributed by atoms with Crippen molar-refractivity contribution >= 4 is 17.7 Å². The van der Waals surface area contributed by atoms with Crippen molar-refractivity contribution in [1.29, 1.82) is 0 Å². The smallest absolute Gasteiger partial charge is 0.225 e. The Balaban J connectivity index is 1.92. The molecule has 3 nitrogen and oxygen atoms in total. The fourth-order valence-electron chi connectivity index (χ4n) is 2.75. The topological polar surface area (TPSA) is 32.3 Å². The summed E-state index contributed by atoms with van der Waals surface area (Å²) < 4.78 is 0. The van der Waals surface area contributed by atoms with Crippen LogP contribution in [0.2, 0.25) is 0 Å². The highest BCUT2D eigenvalue weighted by atomic mass is 32.2. The van der Waals surface area contributed by atoms with Gasteiger partial charge in [0.25, 0.3) is 0 Å². The molecule has 1 aliphatic rings. The maximum atomic E-state index is 12.5. The number of piperidine rings is 1. The highest BCUT2D eigenvalue weighted by Gasteiger charge is 2.26. The molecular formula is C16H24N2OS. The van der Waals surface area contributed by atoms with E-state index in [2.05, 4.69) is 42.8 Å². The van der Waals surface area contributed by atoms with Gasteiger partial charge in [-0.2, -0.15) is 0 Å². The van der Waals surface area contributed by atoms with Crippen LogP contribution >= 0.6 is 11.8 Å². The molecule has 0 radical (unpaired) electrons. The standard InChI is InChI=1S/C16H24N2OS/c1-12-10-14(8-9-17-12)16(19)18(2)11-13-4-6-15(20-3)7-5-13/h4-7,12,14,17H,8-11H2,1-3H3. The zero-order valence-corrected chi connectivity index (χ0v) is 13.4. The molecule has 1 amide bonds. The highest BCUT2D eigenvalue weighted by Crippen LogP contribution is 2.20. The monoisotopic (exact) mass is 292 g/mol. The van der Waals surface area contributed by atoms with Crippen molar-refractivity contribution in [2.75, 3.05) is 19.8 Å². The number of carbonyl (C=O) groups is 1. The Morgan fingerprint density at radius 2 is 2.10 bits per heavy atom. The first-order valence-corrected chi connectivity index (χ1v) is 8.44. The van der Waals surface area contributed by atoms with E-state index in [1.807, 2.05) is 11.9 Å². The lowest BCUT2D eigenvalue weighted by atomic mass is 9.92. The maximum absolute atomic E-state index is 12.5. The molecule has 0 aliphatic carbocycles. The molecule has 0 saturated carbocycles. The molecule has 4 heteroatoms. The number of amides is 1. The zero-order chi connectivity index (χ0) is 14.5. The number of benzene rings is 1. The van der Waals surface area contributed by atoms with Crippen molar-refractivity contribution in [2.24, 2.45) is 5.92 Å². The van der Waals surface area contributed by atoms with E-state index in [0.717, 1.165) is 19.4 Å². The SMILES string of the molecule is CSc1ccc(CN(C)C(=O)C2CCNC(C)C2)cc1. The average Bonchev–Trinajstić information content (AvgIpc) is 2.47. The van der Waals surface area contributed by atoms with Crippen LogP contribution in [0.5, 0.6) is 0 Å². The van der Waals surface area contributed by atoms with Crippen molar-refractivity contribution in [3.8, 4) is 0 Å². The van der Waals surface area contributed by atoms with E-state index in [4.69, 9.17) is 0 Å². The second-order valence-electron chi connectivity index (χ2n) is 5.62. The first-order chi connectivity index (χ1) is 9.60. The van der Waals surface area contributed by atoms with Crippen molar-refractivity contribution < 1.29 is 4.79 Å². The Labute approximate surface area is 126 Å². The van der Waals surface area contributed by atoms with Crippen LogP contribution in [0.3, 0.4) is 0 Å². The molecule has 20 heavy (non-hydrogen) atoms. The van der Waals surface area contributed by atoms with E-state index in [9.17, 15) is 4.79 Å². The predicted octanol–water partition coefficient (Wildman–Crippen LogP) is 2.76. The number of hydrogen-bond donors (Lipinski definition) is 1. The summed E-state index contributed by atoms with van der Waals surface area (Å²) >= 11 is 1.74. The van der Waals surface area contributed by atoms with Gasteiger partial charge in [-0.3, -0.25) is 4.79 Å².